The zero-order valence-corrected chi connectivity index (χ0v) is 8.24. The van der Waals surface area contributed by atoms with Crippen LogP contribution in [0.25, 0.3) is 0 Å². The summed E-state index contributed by atoms with van der Waals surface area (Å²) < 4.78 is 26.1. The van der Waals surface area contributed by atoms with Crippen LogP contribution in [0.2, 0.25) is 0 Å². The molecule has 84 valence electrons. The third kappa shape index (κ3) is 1.80. The van der Waals surface area contributed by atoms with Crippen molar-refractivity contribution in [2.24, 2.45) is 5.92 Å². The molecule has 0 aromatic heterocycles. The molecule has 1 aliphatic heterocycles. The molecule has 1 amide bonds. The van der Waals surface area contributed by atoms with Gasteiger partial charge in [-0.3, -0.25) is 4.79 Å². The molecule has 2 atom stereocenters. The minimum atomic E-state index is -0.751. The molecule has 1 saturated heterocycles. The standard InChI is InChI=1S/C11H9F2NO2/c12-7-1-2-8(9(13)4-7)11-6(5-15)3-10(16)14-11/h1-2,4-6,11H,3H2,(H,14,16)/t6-,11?/m1/s1. The fourth-order valence-electron chi connectivity index (χ4n) is 1.86. The molecule has 0 radical (unpaired) electrons. The van der Waals surface area contributed by atoms with Gasteiger partial charge in [0.15, 0.2) is 0 Å². The first-order valence-corrected chi connectivity index (χ1v) is 4.81. The van der Waals surface area contributed by atoms with Crippen molar-refractivity contribution in [1.29, 1.82) is 0 Å². The Morgan fingerprint density at radius 3 is 2.75 bits per heavy atom. The molecule has 0 saturated carbocycles. The zero-order valence-electron chi connectivity index (χ0n) is 8.24. The van der Waals surface area contributed by atoms with Gasteiger partial charge in [0, 0.05) is 24.0 Å². The maximum atomic E-state index is 13.4. The van der Waals surface area contributed by atoms with Crippen LogP contribution in [0.4, 0.5) is 8.78 Å². The Labute approximate surface area is 90.5 Å². The Morgan fingerprint density at radius 1 is 1.38 bits per heavy atom. The summed E-state index contributed by atoms with van der Waals surface area (Å²) in [6.07, 6.45) is 0.663. The van der Waals surface area contributed by atoms with E-state index < -0.39 is 23.6 Å². The van der Waals surface area contributed by atoms with Crippen LogP contribution in [0.5, 0.6) is 0 Å². The molecule has 0 aliphatic carbocycles. The molecule has 3 nitrogen and oxygen atoms in total. The van der Waals surface area contributed by atoms with Crippen molar-refractivity contribution in [3.05, 3.63) is 35.4 Å². The van der Waals surface area contributed by atoms with Crippen molar-refractivity contribution < 1.29 is 18.4 Å². The summed E-state index contributed by atoms with van der Waals surface area (Å²) in [5.41, 5.74) is 0.143. The van der Waals surface area contributed by atoms with Gasteiger partial charge in [0.1, 0.15) is 17.9 Å². The summed E-state index contributed by atoms with van der Waals surface area (Å²) in [6.45, 7) is 0. The van der Waals surface area contributed by atoms with Gasteiger partial charge in [0.25, 0.3) is 0 Å². The van der Waals surface area contributed by atoms with Gasteiger partial charge in [0.2, 0.25) is 5.91 Å². The molecule has 1 N–H and O–H groups in total. The number of rotatable bonds is 2. The Kier molecular flexibility index (Phi) is 2.68. The second kappa shape index (κ2) is 4.00. The Morgan fingerprint density at radius 2 is 2.12 bits per heavy atom. The Balaban J connectivity index is 2.36. The molecule has 0 bridgehead atoms. The lowest BCUT2D eigenvalue weighted by Gasteiger charge is -2.15. The van der Waals surface area contributed by atoms with E-state index in [0.717, 1.165) is 12.1 Å². The zero-order chi connectivity index (χ0) is 11.7. The second-order valence-electron chi connectivity index (χ2n) is 3.72. The van der Waals surface area contributed by atoms with Crippen LogP contribution in [-0.4, -0.2) is 12.2 Å². The van der Waals surface area contributed by atoms with Gasteiger partial charge < -0.3 is 10.1 Å². The monoisotopic (exact) mass is 225 g/mol. The number of benzene rings is 1. The topological polar surface area (TPSA) is 46.2 Å². The van der Waals surface area contributed by atoms with Gasteiger partial charge in [-0.05, 0) is 6.07 Å². The van der Waals surface area contributed by atoms with Gasteiger partial charge in [-0.25, -0.2) is 8.78 Å². The smallest absolute Gasteiger partial charge is 0.221 e. The summed E-state index contributed by atoms with van der Waals surface area (Å²) in [6, 6.07) is 2.40. The number of hydrogen-bond acceptors (Lipinski definition) is 2. The third-order valence-electron chi connectivity index (χ3n) is 2.64. The lowest BCUT2D eigenvalue weighted by Crippen LogP contribution is -2.22. The third-order valence-corrected chi connectivity index (χ3v) is 2.64. The predicted molar refractivity (Wildman–Crippen MR) is 51.4 cm³/mol. The minimum Gasteiger partial charge on any atom is -0.348 e. The van der Waals surface area contributed by atoms with Crippen LogP contribution in [-0.2, 0) is 9.59 Å². The van der Waals surface area contributed by atoms with Crippen LogP contribution in [0.1, 0.15) is 18.0 Å². The Hall–Kier alpha value is -1.78. The molecule has 0 spiro atoms. The van der Waals surface area contributed by atoms with Crippen molar-refractivity contribution in [3.8, 4) is 0 Å². The lowest BCUT2D eigenvalue weighted by atomic mass is 9.95. The van der Waals surface area contributed by atoms with Gasteiger partial charge in [0.05, 0.1) is 6.04 Å². The number of aldehydes is 1. The van der Waals surface area contributed by atoms with E-state index in [1.807, 2.05) is 0 Å². The van der Waals surface area contributed by atoms with E-state index in [1.165, 1.54) is 6.07 Å². The van der Waals surface area contributed by atoms with E-state index in [-0.39, 0.29) is 17.9 Å². The van der Waals surface area contributed by atoms with E-state index in [2.05, 4.69) is 5.32 Å². The van der Waals surface area contributed by atoms with Crippen molar-refractivity contribution in [2.45, 2.75) is 12.5 Å². The van der Waals surface area contributed by atoms with Crippen LogP contribution in [0.15, 0.2) is 18.2 Å². The minimum absolute atomic E-state index is 0.0466. The average Bonchev–Trinajstić information content (AvgIpc) is 2.59. The van der Waals surface area contributed by atoms with Crippen molar-refractivity contribution in [3.63, 3.8) is 0 Å². The molecule has 1 aromatic carbocycles. The molecule has 1 aliphatic rings. The summed E-state index contributed by atoms with van der Waals surface area (Å²) >= 11 is 0. The molecule has 5 heteroatoms. The van der Waals surface area contributed by atoms with Gasteiger partial charge in [-0.2, -0.15) is 0 Å². The molecule has 1 aromatic rings. The highest BCUT2D eigenvalue weighted by Crippen LogP contribution is 2.30. The number of halogens is 2. The van der Waals surface area contributed by atoms with Crippen molar-refractivity contribution >= 4 is 12.2 Å². The maximum absolute atomic E-state index is 13.4. The molecule has 2 rings (SSSR count). The second-order valence-corrected chi connectivity index (χ2v) is 3.72. The largest absolute Gasteiger partial charge is 0.348 e. The van der Waals surface area contributed by atoms with Crippen LogP contribution >= 0.6 is 0 Å². The molecule has 1 unspecified atom stereocenters. The summed E-state index contributed by atoms with van der Waals surface area (Å²) in [7, 11) is 0. The van der Waals surface area contributed by atoms with E-state index in [1.54, 1.807) is 0 Å². The first-order chi connectivity index (χ1) is 7.61. The van der Waals surface area contributed by atoms with E-state index >= 15 is 0 Å². The maximum Gasteiger partial charge on any atom is 0.221 e. The quantitative estimate of drug-likeness (QED) is 0.772. The molecular weight excluding hydrogens is 216 g/mol. The fourth-order valence-corrected chi connectivity index (χ4v) is 1.86. The van der Waals surface area contributed by atoms with Gasteiger partial charge >= 0.3 is 0 Å². The normalized spacial score (nSPS) is 24.2. The number of carbonyl (C=O) groups is 2. The number of nitrogens with one attached hydrogen (secondary N) is 1. The summed E-state index contributed by atoms with van der Waals surface area (Å²) in [5.74, 6) is -2.33. The first kappa shape index (κ1) is 10.7. The van der Waals surface area contributed by atoms with Crippen molar-refractivity contribution in [1.82, 2.24) is 5.32 Å². The Bertz CT molecular complexity index is 448. The molecule has 1 fully saturated rings. The highest BCUT2D eigenvalue weighted by molar-refractivity contribution is 5.83. The van der Waals surface area contributed by atoms with Crippen LogP contribution < -0.4 is 5.32 Å². The van der Waals surface area contributed by atoms with E-state index in [4.69, 9.17) is 0 Å². The SMILES string of the molecule is O=C[C@H]1CC(=O)NC1c1ccc(F)cc1F. The highest BCUT2D eigenvalue weighted by atomic mass is 19.1. The number of carbonyl (C=O) groups excluding carboxylic acids is 2. The summed E-state index contributed by atoms with van der Waals surface area (Å²) in [4.78, 5) is 21.8. The number of amides is 1. The molecule has 16 heavy (non-hydrogen) atoms. The number of hydrogen-bond donors (Lipinski definition) is 1. The van der Waals surface area contributed by atoms with E-state index in [9.17, 15) is 18.4 Å². The van der Waals surface area contributed by atoms with Crippen molar-refractivity contribution in [2.75, 3.05) is 0 Å². The average molecular weight is 225 g/mol. The highest BCUT2D eigenvalue weighted by Gasteiger charge is 2.34. The predicted octanol–water partition coefficient (Wildman–Crippen LogP) is 1.34. The van der Waals surface area contributed by atoms with Gasteiger partial charge in [-0.1, -0.05) is 6.07 Å². The molecule has 1 heterocycles. The fraction of sp³-hybridized carbons (Fsp3) is 0.273. The van der Waals surface area contributed by atoms with E-state index in [0.29, 0.717) is 6.29 Å². The molecular formula is C11H9F2NO2. The van der Waals surface area contributed by atoms with Crippen LogP contribution in [0.3, 0.4) is 0 Å². The summed E-state index contributed by atoms with van der Waals surface area (Å²) in [5, 5.41) is 2.50. The van der Waals surface area contributed by atoms with Crippen LogP contribution in [0, 0.1) is 17.6 Å². The first-order valence-electron chi connectivity index (χ1n) is 4.81. The lowest BCUT2D eigenvalue weighted by molar-refractivity contribution is -0.120. The van der Waals surface area contributed by atoms with Gasteiger partial charge in [-0.15, -0.1) is 0 Å².